The highest BCUT2D eigenvalue weighted by molar-refractivity contribution is 7.34. The van der Waals surface area contributed by atoms with Gasteiger partial charge in [-0.1, -0.05) is 42.2 Å². The topological polar surface area (TPSA) is 67.9 Å². The molecule has 0 radical (unpaired) electrons. The van der Waals surface area contributed by atoms with Crippen LogP contribution in [-0.2, 0) is 20.5 Å². The molecule has 0 aromatic heterocycles. The van der Waals surface area contributed by atoms with Crippen LogP contribution in [0.5, 0.6) is 5.75 Å². The summed E-state index contributed by atoms with van der Waals surface area (Å²) in [5, 5.41) is 2.58. The molecule has 1 N–H and O–H groups in total. The minimum Gasteiger partial charge on any atom is -0.487 e. The number of carbonyl (C=O) groups excluding carboxylic acids is 1. The van der Waals surface area contributed by atoms with Gasteiger partial charge >= 0.3 is 14.6 Å². The summed E-state index contributed by atoms with van der Waals surface area (Å²) >= 11 is 0. The number of hydrogen-bond acceptors (Lipinski definition) is 5. The molecule has 2 aliphatic rings. The van der Waals surface area contributed by atoms with E-state index in [1.54, 1.807) is 18.2 Å². The lowest BCUT2D eigenvalue weighted by molar-refractivity contribution is -0.138. The molecule has 1 amide bonds. The Morgan fingerprint density at radius 2 is 1.97 bits per heavy atom. The largest absolute Gasteiger partial charge is 0.487 e. The van der Waals surface area contributed by atoms with Gasteiger partial charge in [0.25, 0.3) is 0 Å². The number of halogens is 3. The lowest BCUT2D eigenvalue weighted by Gasteiger charge is -2.26. The van der Waals surface area contributed by atoms with E-state index >= 15 is 0 Å². The molecule has 36 heavy (non-hydrogen) atoms. The predicted octanol–water partition coefficient (Wildman–Crippen LogP) is 4.18. The van der Waals surface area contributed by atoms with Gasteiger partial charge in [0.1, 0.15) is 13.2 Å². The van der Waals surface area contributed by atoms with Crippen molar-refractivity contribution >= 4 is 19.7 Å². The summed E-state index contributed by atoms with van der Waals surface area (Å²) < 4.78 is 62.7. The molecule has 1 aliphatic heterocycles. The van der Waals surface area contributed by atoms with Crippen LogP contribution in [0.2, 0.25) is 0 Å². The third-order valence-electron chi connectivity index (χ3n) is 6.67. The van der Waals surface area contributed by atoms with Crippen molar-refractivity contribution < 1.29 is 32.0 Å². The molecule has 2 aromatic carbocycles. The summed E-state index contributed by atoms with van der Waals surface area (Å²) in [4.78, 5) is 15.4. The lowest BCUT2D eigenvalue weighted by atomic mass is 9.89. The minimum absolute atomic E-state index is 0.403. The molecule has 194 valence electrons. The van der Waals surface area contributed by atoms with E-state index in [4.69, 9.17) is 9.47 Å². The number of alkyl halides is 3. The van der Waals surface area contributed by atoms with Gasteiger partial charge in [-0.2, -0.15) is 13.2 Å². The van der Waals surface area contributed by atoms with Gasteiger partial charge in [-0.25, -0.2) is 0 Å². The molecule has 1 saturated heterocycles. The van der Waals surface area contributed by atoms with Crippen LogP contribution in [-0.4, -0.2) is 63.0 Å². The zero-order valence-electron chi connectivity index (χ0n) is 20.2. The SMILES string of the molecule is CCCCc1c([PH+]=O)c(OCCN2CCOCC2)cc2c1C(C(=O)NCC(F)(F)F)c1ccccc1-2. The molecule has 1 heterocycles. The summed E-state index contributed by atoms with van der Waals surface area (Å²) in [6.45, 7) is 4.75. The Morgan fingerprint density at radius 3 is 2.67 bits per heavy atom. The lowest BCUT2D eigenvalue weighted by Crippen LogP contribution is -2.38. The van der Waals surface area contributed by atoms with Crippen LogP contribution in [0.15, 0.2) is 30.3 Å². The number of benzene rings is 2. The monoisotopic (exact) mass is 523 g/mol. The summed E-state index contributed by atoms with van der Waals surface area (Å²) in [6, 6.07) is 9.06. The van der Waals surface area contributed by atoms with E-state index in [0.717, 1.165) is 42.6 Å². The van der Waals surface area contributed by atoms with Crippen molar-refractivity contribution in [3.05, 3.63) is 47.0 Å². The minimum atomic E-state index is -4.51. The van der Waals surface area contributed by atoms with Crippen molar-refractivity contribution in [2.45, 2.75) is 38.3 Å². The van der Waals surface area contributed by atoms with Crippen molar-refractivity contribution in [1.29, 1.82) is 0 Å². The number of unbranched alkanes of at least 4 members (excludes halogenated alkanes) is 1. The Labute approximate surface area is 210 Å². The smallest absolute Gasteiger partial charge is 0.405 e. The number of hydrogen-bond donors (Lipinski definition) is 1. The van der Waals surface area contributed by atoms with Gasteiger partial charge in [0.15, 0.2) is 5.75 Å². The second-order valence-corrected chi connectivity index (χ2v) is 9.75. The molecule has 2 unspecified atom stereocenters. The van der Waals surface area contributed by atoms with Crippen LogP contribution in [0.4, 0.5) is 13.2 Å². The molecule has 2 aromatic rings. The van der Waals surface area contributed by atoms with Gasteiger partial charge in [-0.3, -0.25) is 9.69 Å². The summed E-state index contributed by atoms with van der Waals surface area (Å²) in [7, 11) is -0.818. The third-order valence-corrected chi connectivity index (χ3v) is 7.42. The van der Waals surface area contributed by atoms with Gasteiger partial charge in [-0.05, 0) is 41.2 Å². The second kappa shape index (κ2) is 11.7. The third kappa shape index (κ3) is 5.90. The number of amides is 1. The molecule has 4 rings (SSSR count). The Balaban J connectivity index is 1.72. The maximum absolute atomic E-state index is 13.1. The first-order chi connectivity index (χ1) is 17.3. The summed E-state index contributed by atoms with van der Waals surface area (Å²) in [5.41, 5.74) is 3.58. The number of morpholine rings is 1. The molecular weight excluding hydrogens is 492 g/mol. The maximum atomic E-state index is 13.1. The Morgan fingerprint density at radius 1 is 1.22 bits per heavy atom. The summed E-state index contributed by atoms with van der Waals surface area (Å²) in [5.74, 6) is -1.10. The number of ether oxygens (including phenoxy) is 2. The van der Waals surface area contributed by atoms with Crippen LogP contribution in [0.1, 0.15) is 42.4 Å². The van der Waals surface area contributed by atoms with Crippen molar-refractivity contribution in [2.75, 3.05) is 46.0 Å². The van der Waals surface area contributed by atoms with Crippen molar-refractivity contribution in [1.82, 2.24) is 10.2 Å². The van der Waals surface area contributed by atoms with E-state index in [1.807, 2.05) is 19.1 Å². The number of nitrogens with one attached hydrogen (secondary N) is 1. The van der Waals surface area contributed by atoms with E-state index in [1.165, 1.54) is 0 Å². The van der Waals surface area contributed by atoms with Crippen molar-refractivity contribution in [3.8, 4) is 16.9 Å². The van der Waals surface area contributed by atoms with E-state index < -0.39 is 33.0 Å². The number of fused-ring (bicyclic) bond motifs is 3. The highest BCUT2D eigenvalue weighted by Gasteiger charge is 2.40. The average molecular weight is 524 g/mol. The number of rotatable bonds is 10. The molecule has 0 saturated carbocycles. The molecule has 0 bridgehead atoms. The standard InChI is InChI=1S/C26H30F3N2O4P/c1-2-3-6-19-22-20(15-21(24(19)36-33)35-14-11-31-9-12-34-13-10-31)17-7-4-5-8-18(17)23(22)25(32)30-16-26(27,28)29/h4-5,7-8,15,23H,2-3,6,9-14,16H2,1H3,(H,30,32)/p+1. The van der Waals surface area contributed by atoms with E-state index in [2.05, 4.69) is 10.2 Å². The molecule has 2 atom stereocenters. The van der Waals surface area contributed by atoms with Gasteiger partial charge in [0, 0.05) is 25.2 Å². The van der Waals surface area contributed by atoms with Crippen LogP contribution in [0.25, 0.3) is 11.1 Å². The fourth-order valence-corrected chi connectivity index (χ4v) is 5.57. The fourth-order valence-electron chi connectivity index (χ4n) is 4.94. The Bertz CT molecular complexity index is 1100. The van der Waals surface area contributed by atoms with Crippen LogP contribution in [0.3, 0.4) is 0 Å². The zero-order valence-corrected chi connectivity index (χ0v) is 21.2. The van der Waals surface area contributed by atoms with Crippen LogP contribution < -0.4 is 15.4 Å². The molecular formula is C26H31F3N2O4P+. The Hall–Kier alpha value is -2.48. The van der Waals surface area contributed by atoms with E-state index in [9.17, 15) is 22.5 Å². The zero-order chi connectivity index (χ0) is 25.7. The van der Waals surface area contributed by atoms with Crippen molar-refractivity contribution in [2.24, 2.45) is 0 Å². The first-order valence-electron chi connectivity index (χ1n) is 12.3. The van der Waals surface area contributed by atoms with Gasteiger partial charge in [0.05, 0.1) is 19.1 Å². The van der Waals surface area contributed by atoms with Crippen molar-refractivity contribution in [3.63, 3.8) is 0 Å². The van der Waals surface area contributed by atoms with Gasteiger partial charge in [0.2, 0.25) is 11.2 Å². The van der Waals surface area contributed by atoms with E-state index in [0.29, 0.717) is 55.0 Å². The van der Waals surface area contributed by atoms with Gasteiger partial charge < -0.3 is 14.8 Å². The normalized spacial score (nSPS) is 17.6. The highest BCUT2D eigenvalue weighted by atomic mass is 31.1. The molecule has 1 fully saturated rings. The van der Waals surface area contributed by atoms with Crippen LogP contribution >= 0.6 is 8.46 Å². The molecule has 6 nitrogen and oxygen atoms in total. The highest BCUT2D eigenvalue weighted by Crippen LogP contribution is 2.48. The Kier molecular flexibility index (Phi) is 8.65. The average Bonchev–Trinajstić information content (AvgIpc) is 3.20. The number of nitrogens with zero attached hydrogens (tertiary/aromatic N) is 1. The second-order valence-electron chi connectivity index (χ2n) is 9.05. The van der Waals surface area contributed by atoms with Crippen LogP contribution in [0, 0.1) is 0 Å². The summed E-state index contributed by atoms with van der Waals surface area (Å²) in [6.07, 6.45) is -2.30. The number of carbonyl (C=O) groups is 1. The van der Waals surface area contributed by atoms with Gasteiger partial charge in [-0.15, -0.1) is 0 Å². The molecule has 1 aliphatic carbocycles. The molecule has 10 heteroatoms. The maximum Gasteiger partial charge on any atom is 0.405 e. The predicted molar refractivity (Wildman–Crippen MR) is 133 cm³/mol. The first-order valence-corrected chi connectivity index (χ1v) is 13.2. The fraction of sp³-hybridized carbons (Fsp3) is 0.500. The van der Waals surface area contributed by atoms with E-state index in [-0.39, 0.29) is 0 Å². The molecule has 0 spiro atoms. The quantitative estimate of drug-likeness (QED) is 0.474. The first kappa shape index (κ1) is 26.6.